The second kappa shape index (κ2) is 14.8. The van der Waals surface area contributed by atoms with E-state index < -0.39 is 0 Å². The molecule has 0 unspecified atom stereocenters. The lowest BCUT2D eigenvalue weighted by Gasteiger charge is -2.27. The minimum Gasteiger partial charge on any atom is -0.311 e. The molecule has 0 aliphatic rings. The molecule has 0 bridgehead atoms. The summed E-state index contributed by atoms with van der Waals surface area (Å²) in [5.41, 5.74) is 13.8. The van der Waals surface area contributed by atoms with Gasteiger partial charge in [0.15, 0.2) is 0 Å². The fraction of sp³-hybridized carbons (Fsp3) is 0. The van der Waals surface area contributed by atoms with Crippen molar-refractivity contribution in [3.05, 3.63) is 231 Å². The predicted octanol–water partition coefficient (Wildman–Crippen LogP) is 14.8. The van der Waals surface area contributed by atoms with E-state index in [1.807, 2.05) is 0 Å². The molecule has 0 radical (unpaired) electrons. The van der Waals surface area contributed by atoms with Gasteiger partial charge in [-0.15, -0.1) is 0 Å². The molecule has 0 spiro atoms. The molecular weight excluding hydrogens is 653 g/mol. The summed E-state index contributed by atoms with van der Waals surface area (Å²) in [5.74, 6) is 0. The Bertz CT molecular complexity index is 2530. The summed E-state index contributed by atoms with van der Waals surface area (Å²) in [6.07, 6.45) is 0. The molecule has 9 rings (SSSR count). The summed E-state index contributed by atoms with van der Waals surface area (Å²) in [4.78, 5) is 4.70. The third-order valence-electron chi connectivity index (χ3n) is 10.1. The molecular formula is C52H38N2. The topological polar surface area (TPSA) is 6.48 Å². The second-order valence-corrected chi connectivity index (χ2v) is 13.4. The zero-order valence-electron chi connectivity index (χ0n) is 29.8. The van der Waals surface area contributed by atoms with E-state index in [-0.39, 0.29) is 0 Å². The van der Waals surface area contributed by atoms with Crippen LogP contribution in [0.4, 0.5) is 34.1 Å². The first-order valence-corrected chi connectivity index (χ1v) is 18.4. The van der Waals surface area contributed by atoms with Gasteiger partial charge in [-0.2, -0.15) is 0 Å². The maximum atomic E-state index is 2.36. The van der Waals surface area contributed by atoms with Gasteiger partial charge < -0.3 is 9.80 Å². The first-order chi connectivity index (χ1) is 26.8. The van der Waals surface area contributed by atoms with Crippen molar-refractivity contribution in [1.29, 1.82) is 0 Å². The SMILES string of the molecule is c1ccc(-c2ccc(N(c3ccc(-c4ccccc4)cc3)c3ccc(-c4cccc(N(c5ccccc5)c5cccc6ccccc56)c4)cc3)cc2)cc1. The number of anilines is 6. The summed E-state index contributed by atoms with van der Waals surface area (Å²) in [5, 5.41) is 2.43. The van der Waals surface area contributed by atoms with Crippen LogP contribution in [0.5, 0.6) is 0 Å². The highest BCUT2D eigenvalue weighted by molar-refractivity contribution is 5.99. The van der Waals surface area contributed by atoms with Gasteiger partial charge in [-0.1, -0.05) is 164 Å². The van der Waals surface area contributed by atoms with E-state index in [4.69, 9.17) is 0 Å². The third-order valence-corrected chi connectivity index (χ3v) is 10.1. The van der Waals surface area contributed by atoms with Crippen LogP contribution in [0, 0.1) is 0 Å². The largest absolute Gasteiger partial charge is 0.311 e. The Morgan fingerprint density at radius 2 is 0.593 bits per heavy atom. The number of hydrogen-bond donors (Lipinski definition) is 0. The lowest BCUT2D eigenvalue weighted by Crippen LogP contribution is -2.10. The van der Waals surface area contributed by atoms with Crippen LogP contribution in [0.1, 0.15) is 0 Å². The van der Waals surface area contributed by atoms with Gasteiger partial charge in [0, 0.05) is 33.8 Å². The number of rotatable bonds is 9. The highest BCUT2D eigenvalue weighted by Gasteiger charge is 2.17. The number of benzene rings is 9. The molecule has 9 aromatic rings. The Morgan fingerprint density at radius 1 is 0.222 bits per heavy atom. The fourth-order valence-corrected chi connectivity index (χ4v) is 7.35. The van der Waals surface area contributed by atoms with E-state index >= 15 is 0 Å². The van der Waals surface area contributed by atoms with Crippen LogP contribution >= 0.6 is 0 Å². The van der Waals surface area contributed by atoms with Gasteiger partial charge in [0.1, 0.15) is 0 Å². The van der Waals surface area contributed by atoms with E-state index in [1.54, 1.807) is 0 Å². The Labute approximate surface area is 317 Å². The summed E-state index contributed by atoms with van der Waals surface area (Å²) in [6.45, 7) is 0. The first-order valence-electron chi connectivity index (χ1n) is 18.4. The van der Waals surface area contributed by atoms with E-state index in [0.717, 1.165) is 45.3 Å². The van der Waals surface area contributed by atoms with E-state index in [0.29, 0.717) is 0 Å². The van der Waals surface area contributed by atoms with E-state index in [2.05, 4.69) is 240 Å². The maximum absolute atomic E-state index is 2.36. The van der Waals surface area contributed by atoms with Crippen LogP contribution in [0.2, 0.25) is 0 Å². The molecule has 0 fully saturated rings. The number of para-hydroxylation sites is 1. The normalized spacial score (nSPS) is 11.0. The van der Waals surface area contributed by atoms with Crippen molar-refractivity contribution in [3.8, 4) is 33.4 Å². The smallest absolute Gasteiger partial charge is 0.0540 e. The molecule has 0 saturated carbocycles. The number of fused-ring (bicyclic) bond motifs is 1. The molecule has 0 atom stereocenters. The molecule has 0 heterocycles. The molecule has 9 aromatic carbocycles. The molecule has 2 heteroatoms. The monoisotopic (exact) mass is 690 g/mol. The quantitative estimate of drug-likeness (QED) is 0.149. The highest BCUT2D eigenvalue weighted by atomic mass is 15.1. The summed E-state index contributed by atoms with van der Waals surface area (Å²) in [7, 11) is 0. The van der Waals surface area contributed by atoms with Gasteiger partial charge in [-0.25, -0.2) is 0 Å². The third kappa shape index (κ3) is 6.65. The lowest BCUT2D eigenvalue weighted by molar-refractivity contribution is 1.28. The van der Waals surface area contributed by atoms with Crippen molar-refractivity contribution in [2.24, 2.45) is 0 Å². The second-order valence-electron chi connectivity index (χ2n) is 13.4. The number of nitrogens with zero attached hydrogens (tertiary/aromatic N) is 2. The van der Waals surface area contributed by atoms with Crippen molar-refractivity contribution in [1.82, 2.24) is 0 Å². The average molecular weight is 691 g/mol. The molecule has 0 aliphatic carbocycles. The van der Waals surface area contributed by atoms with Crippen LogP contribution in [0.25, 0.3) is 44.2 Å². The first kappa shape index (κ1) is 32.7. The molecule has 54 heavy (non-hydrogen) atoms. The molecule has 0 N–H and O–H groups in total. The molecule has 0 amide bonds. The van der Waals surface area contributed by atoms with Crippen LogP contribution in [0.3, 0.4) is 0 Å². The summed E-state index contributed by atoms with van der Waals surface area (Å²) in [6, 6.07) is 82.4. The van der Waals surface area contributed by atoms with Gasteiger partial charge in [0.2, 0.25) is 0 Å². The minimum absolute atomic E-state index is 1.09. The van der Waals surface area contributed by atoms with Crippen molar-refractivity contribution in [2.45, 2.75) is 0 Å². The van der Waals surface area contributed by atoms with E-state index in [1.165, 1.54) is 33.0 Å². The van der Waals surface area contributed by atoms with Gasteiger partial charge in [0.25, 0.3) is 0 Å². The Kier molecular flexibility index (Phi) is 8.99. The zero-order valence-corrected chi connectivity index (χ0v) is 29.8. The van der Waals surface area contributed by atoms with Crippen molar-refractivity contribution >= 4 is 44.9 Å². The molecule has 0 aliphatic heterocycles. The Hall–Kier alpha value is -7.16. The molecule has 256 valence electrons. The van der Waals surface area contributed by atoms with Crippen LogP contribution in [0.15, 0.2) is 231 Å². The maximum Gasteiger partial charge on any atom is 0.0540 e. The average Bonchev–Trinajstić information content (AvgIpc) is 3.26. The van der Waals surface area contributed by atoms with Gasteiger partial charge in [-0.05, 0) is 105 Å². The minimum atomic E-state index is 1.09. The lowest BCUT2D eigenvalue weighted by atomic mass is 10.0. The Morgan fingerprint density at radius 3 is 1.15 bits per heavy atom. The van der Waals surface area contributed by atoms with Crippen LogP contribution in [-0.2, 0) is 0 Å². The van der Waals surface area contributed by atoms with Crippen molar-refractivity contribution in [3.63, 3.8) is 0 Å². The van der Waals surface area contributed by atoms with Crippen molar-refractivity contribution < 1.29 is 0 Å². The van der Waals surface area contributed by atoms with Crippen LogP contribution in [-0.4, -0.2) is 0 Å². The fourth-order valence-electron chi connectivity index (χ4n) is 7.35. The zero-order chi connectivity index (χ0) is 36.1. The summed E-state index contributed by atoms with van der Waals surface area (Å²) < 4.78 is 0. The molecule has 2 nitrogen and oxygen atoms in total. The highest BCUT2D eigenvalue weighted by Crippen LogP contribution is 2.41. The van der Waals surface area contributed by atoms with E-state index in [9.17, 15) is 0 Å². The molecule has 0 saturated heterocycles. The molecule has 0 aromatic heterocycles. The standard InChI is InChI=1S/C52H38N2/c1-4-14-39(15-5-1)41-26-32-47(33-27-41)53(48-34-28-42(29-35-48)40-16-6-2-7-17-40)49-36-30-43(31-37-49)45-20-12-23-50(38-45)54(46-21-8-3-9-22-46)52-25-13-19-44-18-10-11-24-51(44)52/h1-38H. The number of hydrogen-bond acceptors (Lipinski definition) is 2. The Balaban J connectivity index is 1.08. The van der Waals surface area contributed by atoms with Gasteiger partial charge >= 0.3 is 0 Å². The van der Waals surface area contributed by atoms with Gasteiger partial charge in [-0.3, -0.25) is 0 Å². The van der Waals surface area contributed by atoms with Crippen LogP contribution < -0.4 is 9.80 Å². The van der Waals surface area contributed by atoms with Gasteiger partial charge in [0.05, 0.1) is 5.69 Å². The predicted molar refractivity (Wildman–Crippen MR) is 230 cm³/mol. The summed E-state index contributed by atoms with van der Waals surface area (Å²) >= 11 is 0. The van der Waals surface area contributed by atoms with Crippen molar-refractivity contribution in [2.75, 3.05) is 9.80 Å².